The summed E-state index contributed by atoms with van der Waals surface area (Å²) in [6.07, 6.45) is 3.73. The summed E-state index contributed by atoms with van der Waals surface area (Å²) in [6.45, 7) is 5.55. The van der Waals surface area contributed by atoms with Gasteiger partial charge in [-0.1, -0.05) is 6.07 Å². The van der Waals surface area contributed by atoms with Crippen molar-refractivity contribution in [1.82, 2.24) is 19.4 Å². The highest BCUT2D eigenvalue weighted by molar-refractivity contribution is 5.97. The van der Waals surface area contributed by atoms with Gasteiger partial charge in [0.25, 0.3) is 5.91 Å². The van der Waals surface area contributed by atoms with Gasteiger partial charge < -0.3 is 14.5 Å². The Bertz CT molecular complexity index is 1170. The molecule has 1 aromatic carbocycles. The van der Waals surface area contributed by atoms with Gasteiger partial charge in [0.1, 0.15) is 0 Å². The number of fused-ring (bicyclic) bond motifs is 1. The van der Waals surface area contributed by atoms with Crippen LogP contribution in [-0.4, -0.2) is 38.4 Å². The molecule has 0 atom stereocenters. The number of pyridine rings is 1. The Kier molecular flexibility index (Phi) is 5.05. The van der Waals surface area contributed by atoms with E-state index >= 15 is 0 Å². The van der Waals surface area contributed by atoms with Crippen LogP contribution in [0.1, 0.15) is 47.3 Å². The molecule has 29 heavy (non-hydrogen) atoms. The predicted octanol–water partition coefficient (Wildman–Crippen LogP) is 2.43. The number of aromatic nitrogens is 3. The zero-order valence-corrected chi connectivity index (χ0v) is 16.6. The van der Waals surface area contributed by atoms with Gasteiger partial charge >= 0.3 is 11.1 Å². The number of hydrogen-bond acceptors (Lipinski definition) is 4. The molecule has 1 aliphatic heterocycles. The lowest BCUT2D eigenvalue weighted by Gasteiger charge is -2.32. The summed E-state index contributed by atoms with van der Waals surface area (Å²) in [5, 5.41) is 0. The minimum Gasteiger partial charge on any atom is -0.339 e. The molecule has 1 N–H and O–H groups in total. The van der Waals surface area contributed by atoms with Crippen LogP contribution in [0.4, 0.5) is 0 Å². The Morgan fingerprint density at radius 3 is 2.59 bits per heavy atom. The summed E-state index contributed by atoms with van der Waals surface area (Å²) in [7, 11) is 0. The number of carbonyl (C=O) groups is 1. The van der Waals surface area contributed by atoms with Gasteiger partial charge in [0.05, 0.1) is 11.0 Å². The van der Waals surface area contributed by atoms with Crippen molar-refractivity contribution in [2.45, 2.75) is 39.2 Å². The maximum absolute atomic E-state index is 13.0. The second-order valence-corrected chi connectivity index (χ2v) is 7.53. The highest BCUT2D eigenvalue weighted by Gasteiger charge is 2.25. The molecule has 1 fully saturated rings. The number of benzene rings is 1. The van der Waals surface area contributed by atoms with Gasteiger partial charge in [-0.25, -0.2) is 0 Å². The van der Waals surface area contributed by atoms with E-state index < -0.39 is 11.1 Å². The molecule has 1 amide bonds. The number of H-pyrrole nitrogens is 1. The molecule has 7 heteroatoms. The summed E-state index contributed by atoms with van der Waals surface area (Å²) in [5.41, 5.74) is 2.63. The Balaban J connectivity index is 1.53. The first-order valence-electron chi connectivity index (χ1n) is 9.96. The number of piperidine rings is 1. The smallest absolute Gasteiger partial charge is 0.316 e. The van der Waals surface area contributed by atoms with Crippen LogP contribution in [0.2, 0.25) is 0 Å². The van der Waals surface area contributed by atoms with Crippen LogP contribution in [0.3, 0.4) is 0 Å². The maximum atomic E-state index is 13.0. The molecule has 7 nitrogen and oxygen atoms in total. The number of amides is 1. The summed E-state index contributed by atoms with van der Waals surface area (Å²) in [6, 6.07) is 9.27. The van der Waals surface area contributed by atoms with Crippen LogP contribution in [0, 0.1) is 6.92 Å². The predicted molar refractivity (Wildman–Crippen MR) is 111 cm³/mol. The summed E-state index contributed by atoms with van der Waals surface area (Å²) in [4.78, 5) is 45.7. The largest absolute Gasteiger partial charge is 0.339 e. The highest BCUT2D eigenvalue weighted by Crippen LogP contribution is 2.28. The van der Waals surface area contributed by atoms with Crippen molar-refractivity contribution in [2.75, 3.05) is 13.1 Å². The van der Waals surface area contributed by atoms with E-state index in [1.54, 1.807) is 18.2 Å². The molecule has 0 radical (unpaired) electrons. The molecule has 0 aliphatic carbocycles. The molecular weight excluding hydrogens is 368 g/mol. The number of hydrogen-bond donors (Lipinski definition) is 1. The van der Waals surface area contributed by atoms with E-state index in [1.807, 2.05) is 31.0 Å². The molecule has 1 saturated heterocycles. The van der Waals surface area contributed by atoms with Gasteiger partial charge in [-0.3, -0.25) is 19.4 Å². The fourth-order valence-corrected chi connectivity index (χ4v) is 4.05. The lowest BCUT2D eigenvalue weighted by Crippen LogP contribution is -2.38. The van der Waals surface area contributed by atoms with Crippen molar-refractivity contribution in [3.63, 3.8) is 0 Å². The summed E-state index contributed by atoms with van der Waals surface area (Å²) < 4.78 is 1.42. The van der Waals surface area contributed by atoms with E-state index in [9.17, 15) is 14.4 Å². The topological polar surface area (TPSA) is 88.1 Å². The fraction of sp³-hybridized carbons (Fsp3) is 0.364. The monoisotopic (exact) mass is 392 g/mol. The number of aryl methyl sites for hydroxylation is 2. The third-order valence-electron chi connectivity index (χ3n) is 5.73. The Morgan fingerprint density at radius 2 is 1.93 bits per heavy atom. The zero-order chi connectivity index (χ0) is 20.5. The number of carbonyl (C=O) groups excluding carboxylic acids is 1. The third-order valence-corrected chi connectivity index (χ3v) is 5.73. The number of aromatic amines is 1. The lowest BCUT2D eigenvalue weighted by atomic mass is 9.90. The van der Waals surface area contributed by atoms with Gasteiger partial charge in [0.2, 0.25) is 0 Å². The van der Waals surface area contributed by atoms with E-state index in [-0.39, 0.29) is 5.91 Å². The van der Waals surface area contributed by atoms with Gasteiger partial charge in [-0.2, -0.15) is 0 Å². The lowest BCUT2D eigenvalue weighted by molar-refractivity contribution is 0.0713. The maximum Gasteiger partial charge on any atom is 0.316 e. The average molecular weight is 392 g/mol. The molecule has 0 bridgehead atoms. The van der Waals surface area contributed by atoms with Gasteiger partial charge in [-0.15, -0.1) is 0 Å². The molecule has 3 aromatic rings. The Hall–Kier alpha value is -3.22. The van der Waals surface area contributed by atoms with Crippen LogP contribution in [0.5, 0.6) is 0 Å². The van der Waals surface area contributed by atoms with Crippen molar-refractivity contribution < 1.29 is 4.79 Å². The normalized spacial score (nSPS) is 15.0. The molecular formula is C22H24N4O3. The average Bonchev–Trinajstić information content (AvgIpc) is 2.74. The van der Waals surface area contributed by atoms with E-state index in [2.05, 4.69) is 16.0 Å². The van der Waals surface area contributed by atoms with E-state index in [1.165, 1.54) is 10.1 Å². The molecule has 1 aliphatic rings. The second kappa shape index (κ2) is 7.66. The highest BCUT2D eigenvalue weighted by atomic mass is 16.2. The quantitative estimate of drug-likeness (QED) is 0.694. The van der Waals surface area contributed by atoms with Crippen LogP contribution >= 0.6 is 0 Å². The number of nitrogens with zero attached hydrogens (tertiary/aromatic N) is 3. The molecule has 4 rings (SSSR count). The van der Waals surface area contributed by atoms with E-state index in [0.717, 1.165) is 18.5 Å². The standard InChI is InChI=1S/C22H24N4O3/c1-3-26-19-7-6-16(12-18(19)24-20(27)22(26)29)21(28)25-10-8-15(9-11-25)17-5-4-14(2)23-13-17/h4-7,12-13,15H,3,8-11H2,1-2H3,(H,24,27). The van der Waals surface area contributed by atoms with E-state index in [0.29, 0.717) is 42.1 Å². The first-order chi connectivity index (χ1) is 14.0. The van der Waals surface area contributed by atoms with Crippen molar-refractivity contribution in [2.24, 2.45) is 0 Å². The van der Waals surface area contributed by atoms with E-state index in [4.69, 9.17) is 0 Å². The minimum absolute atomic E-state index is 0.0533. The fourth-order valence-electron chi connectivity index (χ4n) is 4.05. The molecule has 150 valence electrons. The first-order valence-corrected chi connectivity index (χ1v) is 9.96. The Morgan fingerprint density at radius 1 is 1.17 bits per heavy atom. The molecule has 2 aromatic heterocycles. The van der Waals surface area contributed by atoms with Gasteiger partial charge in [0.15, 0.2) is 0 Å². The number of rotatable bonds is 3. The Labute approximate surface area is 168 Å². The van der Waals surface area contributed by atoms with Crippen molar-refractivity contribution in [3.05, 3.63) is 74.1 Å². The van der Waals surface area contributed by atoms with Gasteiger partial charge in [0, 0.05) is 37.1 Å². The summed E-state index contributed by atoms with van der Waals surface area (Å²) in [5.74, 6) is 0.363. The minimum atomic E-state index is -0.670. The number of nitrogens with one attached hydrogen (secondary N) is 1. The van der Waals surface area contributed by atoms with Crippen molar-refractivity contribution >= 4 is 16.9 Å². The SMILES string of the molecule is CCn1c(=O)c(=O)[nH]c2cc(C(=O)N3CCC(c4ccc(C)nc4)CC3)ccc21. The van der Waals surface area contributed by atoms with Gasteiger partial charge in [-0.05, 0) is 62.4 Å². The molecule has 0 spiro atoms. The molecule has 0 unspecified atom stereocenters. The first kappa shape index (κ1) is 19.1. The number of likely N-dealkylation sites (tertiary alicyclic amines) is 1. The van der Waals surface area contributed by atoms with Crippen LogP contribution in [-0.2, 0) is 6.54 Å². The third kappa shape index (κ3) is 3.60. The van der Waals surface area contributed by atoms with Crippen LogP contribution < -0.4 is 11.1 Å². The van der Waals surface area contributed by atoms with Crippen molar-refractivity contribution in [1.29, 1.82) is 0 Å². The summed E-state index contributed by atoms with van der Waals surface area (Å²) >= 11 is 0. The van der Waals surface area contributed by atoms with Crippen LogP contribution in [0.15, 0.2) is 46.1 Å². The van der Waals surface area contributed by atoms with Crippen molar-refractivity contribution in [3.8, 4) is 0 Å². The zero-order valence-electron chi connectivity index (χ0n) is 16.6. The van der Waals surface area contributed by atoms with Crippen LogP contribution in [0.25, 0.3) is 11.0 Å². The molecule has 3 heterocycles. The second-order valence-electron chi connectivity index (χ2n) is 7.53. The molecule has 0 saturated carbocycles.